The molecule has 0 amide bonds. The molecule has 5 rings (SSSR count). The molecule has 0 aliphatic carbocycles. The summed E-state index contributed by atoms with van der Waals surface area (Å²) in [6.45, 7) is 0. The molecule has 0 atom stereocenters. The van der Waals surface area contributed by atoms with Crippen molar-refractivity contribution in [2.45, 2.75) is 0 Å². The number of imidazole rings is 1. The highest BCUT2D eigenvalue weighted by atomic mass is 35.5. The molecule has 120 valence electrons. The van der Waals surface area contributed by atoms with Crippen molar-refractivity contribution in [2.24, 2.45) is 0 Å². The number of pyridine rings is 1. The summed E-state index contributed by atoms with van der Waals surface area (Å²) in [5.41, 5.74) is 1.46. The molecule has 0 saturated heterocycles. The number of nitro groups is 1. The van der Waals surface area contributed by atoms with Gasteiger partial charge in [-0.15, -0.1) is 0 Å². The highest BCUT2D eigenvalue weighted by molar-refractivity contribution is 6.31. The zero-order chi connectivity index (χ0) is 17.3. The van der Waals surface area contributed by atoms with E-state index in [-0.39, 0.29) is 11.2 Å². The van der Waals surface area contributed by atoms with Crippen molar-refractivity contribution < 1.29 is 4.92 Å². The molecule has 6 nitrogen and oxygen atoms in total. The van der Waals surface area contributed by atoms with Crippen LogP contribution in [0.15, 0.2) is 53.3 Å². The van der Waals surface area contributed by atoms with Gasteiger partial charge in [0, 0.05) is 27.2 Å². The molecule has 2 heterocycles. The van der Waals surface area contributed by atoms with Crippen molar-refractivity contribution in [2.75, 3.05) is 0 Å². The third-order valence-corrected chi connectivity index (χ3v) is 4.74. The first-order valence-corrected chi connectivity index (χ1v) is 7.87. The van der Waals surface area contributed by atoms with E-state index in [1.807, 2.05) is 0 Å². The van der Waals surface area contributed by atoms with Gasteiger partial charge in [0.1, 0.15) is 5.65 Å². The molecule has 3 aromatic carbocycles. The fourth-order valence-corrected chi connectivity index (χ4v) is 3.64. The van der Waals surface area contributed by atoms with Crippen LogP contribution in [-0.4, -0.2) is 14.3 Å². The molecule has 0 unspecified atom stereocenters. The molecule has 0 aliphatic rings. The van der Waals surface area contributed by atoms with E-state index in [0.717, 1.165) is 0 Å². The largest absolute Gasteiger partial charge is 0.277 e. The average Bonchev–Trinajstić information content (AvgIpc) is 2.97. The van der Waals surface area contributed by atoms with Crippen LogP contribution in [0.2, 0.25) is 5.02 Å². The number of fused-ring (bicyclic) bond motifs is 4. The molecule has 0 N–H and O–H groups in total. The van der Waals surface area contributed by atoms with Gasteiger partial charge >= 0.3 is 0 Å². The molecule has 0 spiro atoms. The number of hydrogen-bond acceptors (Lipinski definition) is 4. The Balaban J connectivity index is 2.14. The molecule has 0 fully saturated rings. The molecule has 5 aromatic rings. The number of hydrogen-bond donors (Lipinski definition) is 0. The van der Waals surface area contributed by atoms with Crippen molar-refractivity contribution in [3.05, 3.63) is 74.0 Å². The van der Waals surface area contributed by atoms with Gasteiger partial charge in [0.2, 0.25) is 0 Å². The SMILES string of the molecule is O=c1c2cccc3c([N+](=O)[O-])ccc(c32)c2nc3cc(Cl)ccc3n12. The van der Waals surface area contributed by atoms with Crippen LogP contribution in [0, 0.1) is 10.1 Å². The molecule has 0 bridgehead atoms. The van der Waals surface area contributed by atoms with Crippen molar-refractivity contribution in [1.82, 2.24) is 9.38 Å². The van der Waals surface area contributed by atoms with E-state index in [0.29, 0.717) is 43.2 Å². The van der Waals surface area contributed by atoms with Crippen LogP contribution in [0.4, 0.5) is 5.69 Å². The predicted octanol–water partition coefficient (Wildman–Crippen LogP) is 4.15. The molecular formula is C18H8ClN3O3. The topological polar surface area (TPSA) is 77.5 Å². The van der Waals surface area contributed by atoms with Crippen LogP contribution < -0.4 is 5.56 Å². The smallest absolute Gasteiger partial charge is 0.268 e. The monoisotopic (exact) mass is 349 g/mol. The van der Waals surface area contributed by atoms with E-state index in [9.17, 15) is 14.9 Å². The van der Waals surface area contributed by atoms with E-state index < -0.39 is 4.92 Å². The van der Waals surface area contributed by atoms with Gasteiger partial charge in [0.15, 0.2) is 0 Å². The van der Waals surface area contributed by atoms with Gasteiger partial charge in [-0.1, -0.05) is 17.7 Å². The minimum absolute atomic E-state index is 0.0268. The second-order valence-corrected chi connectivity index (χ2v) is 6.26. The van der Waals surface area contributed by atoms with Crippen molar-refractivity contribution >= 4 is 55.5 Å². The maximum absolute atomic E-state index is 13.1. The minimum atomic E-state index is -0.440. The maximum atomic E-state index is 13.1. The summed E-state index contributed by atoms with van der Waals surface area (Å²) in [5, 5.41) is 14.0. The van der Waals surface area contributed by atoms with Crippen molar-refractivity contribution in [3.63, 3.8) is 0 Å². The van der Waals surface area contributed by atoms with Crippen LogP contribution in [0.1, 0.15) is 0 Å². The zero-order valence-corrected chi connectivity index (χ0v) is 13.3. The maximum Gasteiger partial charge on any atom is 0.277 e. The van der Waals surface area contributed by atoms with E-state index in [4.69, 9.17) is 11.6 Å². The fraction of sp³-hybridized carbons (Fsp3) is 0. The van der Waals surface area contributed by atoms with Crippen molar-refractivity contribution in [1.29, 1.82) is 0 Å². The molecule has 0 saturated carbocycles. The number of rotatable bonds is 1. The molecule has 0 radical (unpaired) electrons. The summed E-state index contributed by atoms with van der Waals surface area (Å²) in [4.78, 5) is 28.5. The Morgan fingerprint density at radius 2 is 1.84 bits per heavy atom. The van der Waals surface area contributed by atoms with Crippen LogP contribution in [0.3, 0.4) is 0 Å². The van der Waals surface area contributed by atoms with Gasteiger partial charge < -0.3 is 0 Å². The van der Waals surface area contributed by atoms with Gasteiger partial charge in [0.05, 0.1) is 21.3 Å². The van der Waals surface area contributed by atoms with Gasteiger partial charge in [0.25, 0.3) is 11.2 Å². The third kappa shape index (κ3) is 1.74. The van der Waals surface area contributed by atoms with E-state index in [2.05, 4.69) is 4.98 Å². The number of benzene rings is 3. The highest BCUT2D eigenvalue weighted by Crippen LogP contribution is 2.34. The predicted molar refractivity (Wildman–Crippen MR) is 96.8 cm³/mol. The lowest BCUT2D eigenvalue weighted by Crippen LogP contribution is -2.13. The lowest BCUT2D eigenvalue weighted by atomic mass is 10.0. The summed E-state index contributed by atoms with van der Waals surface area (Å²) < 4.78 is 1.54. The second kappa shape index (κ2) is 4.64. The van der Waals surface area contributed by atoms with Gasteiger partial charge in [-0.05, 0) is 36.4 Å². The van der Waals surface area contributed by atoms with Crippen molar-refractivity contribution in [3.8, 4) is 0 Å². The van der Waals surface area contributed by atoms with Crippen LogP contribution in [0.25, 0.3) is 38.2 Å². The standard InChI is InChI=1S/C18H8ClN3O3/c19-9-4-6-15-13(8-9)20-17-11-5-7-14(22(24)25)10-2-1-3-12(16(10)11)18(23)21(15)17/h1-8H. The Bertz CT molecular complexity index is 1410. The molecule has 0 aliphatic heterocycles. The van der Waals surface area contributed by atoms with E-state index in [1.165, 1.54) is 10.5 Å². The Morgan fingerprint density at radius 1 is 1.04 bits per heavy atom. The summed E-state index contributed by atoms with van der Waals surface area (Å²) in [6, 6.07) is 13.3. The van der Waals surface area contributed by atoms with Gasteiger partial charge in [-0.3, -0.25) is 19.3 Å². The normalized spacial score (nSPS) is 11.9. The lowest BCUT2D eigenvalue weighted by molar-refractivity contribution is -0.383. The third-order valence-electron chi connectivity index (χ3n) is 4.51. The number of nitro benzene ring substituents is 1. The second-order valence-electron chi connectivity index (χ2n) is 5.83. The molecule has 7 heteroatoms. The fourth-order valence-electron chi connectivity index (χ4n) is 3.48. The van der Waals surface area contributed by atoms with Crippen LogP contribution >= 0.6 is 11.6 Å². The Hall–Kier alpha value is -3.25. The Morgan fingerprint density at radius 3 is 2.64 bits per heavy atom. The van der Waals surface area contributed by atoms with E-state index in [1.54, 1.807) is 42.5 Å². The summed E-state index contributed by atoms with van der Waals surface area (Å²) in [6.07, 6.45) is 0. The first-order valence-electron chi connectivity index (χ1n) is 7.49. The summed E-state index contributed by atoms with van der Waals surface area (Å²) >= 11 is 6.04. The first kappa shape index (κ1) is 14.1. The van der Waals surface area contributed by atoms with E-state index >= 15 is 0 Å². The summed E-state index contributed by atoms with van der Waals surface area (Å²) in [5.74, 6) is 0. The van der Waals surface area contributed by atoms with Crippen LogP contribution in [-0.2, 0) is 0 Å². The first-order chi connectivity index (χ1) is 12.1. The lowest BCUT2D eigenvalue weighted by Gasteiger charge is -2.07. The Labute approximate surface area is 144 Å². The van der Waals surface area contributed by atoms with Gasteiger partial charge in [-0.2, -0.15) is 0 Å². The molecule has 25 heavy (non-hydrogen) atoms. The number of non-ortho nitro benzene ring substituents is 1. The van der Waals surface area contributed by atoms with Crippen LogP contribution in [0.5, 0.6) is 0 Å². The summed E-state index contributed by atoms with van der Waals surface area (Å²) in [7, 11) is 0. The zero-order valence-electron chi connectivity index (χ0n) is 12.6. The quantitative estimate of drug-likeness (QED) is 0.336. The van der Waals surface area contributed by atoms with Gasteiger partial charge in [-0.25, -0.2) is 4.98 Å². The number of aromatic nitrogens is 2. The minimum Gasteiger partial charge on any atom is -0.268 e. The molecular weight excluding hydrogens is 342 g/mol. The Kier molecular flexibility index (Phi) is 2.62. The number of nitrogens with zero attached hydrogens (tertiary/aromatic N) is 3. The highest BCUT2D eigenvalue weighted by Gasteiger charge is 2.20. The number of halogens is 1. The molecule has 2 aromatic heterocycles. The average molecular weight is 350 g/mol.